The van der Waals surface area contributed by atoms with Crippen molar-refractivity contribution in [2.24, 2.45) is 5.73 Å². The van der Waals surface area contributed by atoms with Crippen LogP contribution < -0.4 is 5.73 Å². The Hall–Kier alpha value is -0.830. The second kappa shape index (κ2) is 5.02. The molecule has 2 nitrogen and oxygen atoms in total. The molecule has 1 heterocycles. The molecule has 1 amide bonds. The van der Waals surface area contributed by atoms with E-state index >= 15 is 0 Å². The Morgan fingerprint density at radius 3 is 2.92 bits per heavy atom. The predicted molar refractivity (Wildman–Crippen MR) is 54.9 cm³/mol. The number of amides is 1. The lowest BCUT2D eigenvalue weighted by atomic mass is 10.2. The summed E-state index contributed by atoms with van der Waals surface area (Å²) in [5.41, 5.74) is 5.64. The number of unbranched alkanes of at least 4 members (excludes halogenated alkanes) is 2. The summed E-state index contributed by atoms with van der Waals surface area (Å²) >= 11 is 1.50. The monoisotopic (exact) mass is 196 g/mol. The molecule has 0 aliphatic heterocycles. The van der Waals surface area contributed by atoms with Gasteiger partial charge in [0.2, 0.25) is 5.91 Å². The van der Waals surface area contributed by atoms with Crippen LogP contribution in [0.25, 0.3) is 0 Å². The van der Waals surface area contributed by atoms with Crippen LogP contribution in [0.5, 0.6) is 0 Å². The Balaban J connectivity index is 2.44. The minimum atomic E-state index is -0.377. The number of thiophene rings is 1. The van der Waals surface area contributed by atoms with Gasteiger partial charge in [-0.15, -0.1) is 11.3 Å². The summed E-state index contributed by atoms with van der Waals surface area (Å²) in [6, 6.07) is 1.85. The third-order valence-electron chi connectivity index (χ3n) is 1.89. The van der Waals surface area contributed by atoms with Crippen LogP contribution in [0.3, 0.4) is 0 Å². The fourth-order valence-electron chi connectivity index (χ4n) is 1.13. The van der Waals surface area contributed by atoms with E-state index in [2.05, 4.69) is 12.3 Å². The van der Waals surface area contributed by atoms with Gasteiger partial charge in [0.1, 0.15) is 0 Å². The number of primary amides is 1. The van der Waals surface area contributed by atoms with Crippen molar-refractivity contribution in [2.75, 3.05) is 0 Å². The molecule has 1 aromatic rings. The Bertz CT molecular complexity index is 280. The molecule has 1 radical (unpaired) electrons. The number of nitrogens with two attached hydrogens (primary N) is 1. The molecule has 0 aromatic carbocycles. The molecule has 13 heavy (non-hydrogen) atoms. The second-order valence-electron chi connectivity index (χ2n) is 3.05. The number of aryl methyl sites for hydroxylation is 1. The van der Waals surface area contributed by atoms with Crippen LogP contribution >= 0.6 is 11.3 Å². The highest BCUT2D eigenvalue weighted by molar-refractivity contribution is 7.09. The molecule has 0 spiro atoms. The summed E-state index contributed by atoms with van der Waals surface area (Å²) in [7, 11) is 0. The quantitative estimate of drug-likeness (QED) is 0.722. The zero-order valence-corrected chi connectivity index (χ0v) is 8.62. The van der Waals surface area contributed by atoms with E-state index in [1.807, 2.05) is 6.07 Å². The van der Waals surface area contributed by atoms with Crippen molar-refractivity contribution >= 4 is 17.2 Å². The van der Waals surface area contributed by atoms with Gasteiger partial charge in [-0.25, -0.2) is 0 Å². The maximum Gasteiger partial charge on any atom is 0.250 e. The van der Waals surface area contributed by atoms with Gasteiger partial charge in [-0.05, 0) is 18.9 Å². The van der Waals surface area contributed by atoms with Crippen molar-refractivity contribution in [3.63, 3.8) is 0 Å². The van der Waals surface area contributed by atoms with Crippen LogP contribution in [0.15, 0.2) is 6.07 Å². The van der Waals surface area contributed by atoms with Crippen LogP contribution in [0.2, 0.25) is 0 Å². The van der Waals surface area contributed by atoms with Crippen LogP contribution in [-0.2, 0) is 6.42 Å². The van der Waals surface area contributed by atoms with Crippen molar-refractivity contribution in [3.05, 3.63) is 21.9 Å². The molecule has 0 unspecified atom stereocenters. The summed E-state index contributed by atoms with van der Waals surface area (Å²) in [6.07, 6.45) is 4.69. The fraction of sp³-hybridized carbons (Fsp3) is 0.500. The second-order valence-corrected chi connectivity index (χ2v) is 3.98. The SMILES string of the molecule is CCCCCc1cc(C(N)=O)[c]s1. The molecule has 1 rings (SSSR count). The van der Waals surface area contributed by atoms with Crippen LogP contribution in [-0.4, -0.2) is 5.91 Å². The molecular weight excluding hydrogens is 182 g/mol. The van der Waals surface area contributed by atoms with Gasteiger partial charge in [0, 0.05) is 4.88 Å². The zero-order chi connectivity index (χ0) is 9.68. The largest absolute Gasteiger partial charge is 0.366 e. The average molecular weight is 196 g/mol. The van der Waals surface area contributed by atoms with Gasteiger partial charge < -0.3 is 5.73 Å². The molecular formula is C10H14NOS. The maximum atomic E-state index is 10.7. The lowest BCUT2D eigenvalue weighted by Gasteiger charge is -1.94. The zero-order valence-electron chi connectivity index (χ0n) is 7.80. The van der Waals surface area contributed by atoms with E-state index in [9.17, 15) is 4.79 Å². The van der Waals surface area contributed by atoms with E-state index in [-0.39, 0.29) is 5.91 Å². The van der Waals surface area contributed by atoms with Crippen molar-refractivity contribution in [3.8, 4) is 0 Å². The molecule has 0 aliphatic carbocycles. The Labute approximate surface area is 82.8 Å². The van der Waals surface area contributed by atoms with Gasteiger partial charge in [0.15, 0.2) is 0 Å². The smallest absolute Gasteiger partial charge is 0.250 e. The maximum absolute atomic E-state index is 10.7. The van der Waals surface area contributed by atoms with Gasteiger partial charge in [-0.3, -0.25) is 4.79 Å². The van der Waals surface area contributed by atoms with Gasteiger partial charge >= 0.3 is 0 Å². The molecule has 1 aromatic heterocycles. The van der Waals surface area contributed by atoms with E-state index in [1.54, 1.807) is 0 Å². The number of rotatable bonds is 5. The molecule has 71 valence electrons. The number of carbonyl (C=O) groups excluding carboxylic acids is 1. The third kappa shape index (κ3) is 3.19. The van der Waals surface area contributed by atoms with Crippen LogP contribution in [0.1, 0.15) is 41.4 Å². The summed E-state index contributed by atoms with van der Waals surface area (Å²) < 4.78 is 0. The summed E-state index contributed by atoms with van der Waals surface area (Å²) in [6.45, 7) is 2.18. The van der Waals surface area contributed by atoms with Crippen molar-refractivity contribution in [2.45, 2.75) is 32.6 Å². The third-order valence-corrected chi connectivity index (χ3v) is 2.80. The summed E-state index contributed by atoms with van der Waals surface area (Å²) in [4.78, 5) is 12.0. The Morgan fingerprint density at radius 1 is 1.62 bits per heavy atom. The van der Waals surface area contributed by atoms with E-state index < -0.39 is 0 Å². The van der Waals surface area contributed by atoms with Crippen molar-refractivity contribution < 1.29 is 4.79 Å². The molecule has 3 heteroatoms. The predicted octanol–water partition coefficient (Wildman–Crippen LogP) is 2.38. The van der Waals surface area contributed by atoms with Crippen LogP contribution in [0, 0.1) is 5.38 Å². The van der Waals surface area contributed by atoms with E-state index in [0.717, 1.165) is 6.42 Å². The summed E-state index contributed by atoms with van der Waals surface area (Å²) in [5.74, 6) is -0.377. The number of hydrogen-bond donors (Lipinski definition) is 1. The molecule has 2 N–H and O–H groups in total. The van der Waals surface area contributed by atoms with E-state index in [0.29, 0.717) is 5.56 Å². The highest BCUT2D eigenvalue weighted by Gasteiger charge is 2.04. The molecule has 0 atom stereocenters. The first-order valence-electron chi connectivity index (χ1n) is 4.54. The Kier molecular flexibility index (Phi) is 3.96. The minimum absolute atomic E-state index is 0.377. The molecule has 0 bridgehead atoms. The minimum Gasteiger partial charge on any atom is -0.366 e. The van der Waals surface area contributed by atoms with Crippen molar-refractivity contribution in [1.29, 1.82) is 0 Å². The van der Waals surface area contributed by atoms with E-state index in [4.69, 9.17) is 5.73 Å². The standard InChI is InChI=1S/C10H14NOS/c1-2-3-4-5-9-6-8(7-13-9)10(11)12/h6H,2-5H2,1H3,(H2,11,12). The molecule has 0 aliphatic rings. The first kappa shape index (κ1) is 10.3. The summed E-state index contributed by atoms with van der Waals surface area (Å²) in [5, 5.41) is 2.90. The van der Waals surface area contributed by atoms with Gasteiger partial charge in [0.25, 0.3) is 0 Å². The van der Waals surface area contributed by atoms with Gasteiger partial charge in [-0.2, -0.15) is 0 Å². The van der Waals surface area contributed by atoms with Crippen LogP contribution in [0.4, 0.5) is 0 Å². The normalized spacial score (nSPS) is 10.2. The Morgan fingerprint density at radius 2 is 2.38 bits per heavy atom. The number of hydrogen-bond acceptors (Lipinski definition) is 2. The first-order chi connectivity index (χ1) is 6.24. The highest BCUT2D eigenvalue weighted by Crippen LogP contribution is 2.16. The van der Waals surface area contributed by atoms with Gasteiger partial charge in [0.05, 0.1) is 10.9 Å². The molecule has 0 fully saturated rings. The molecule has 0 saturated heterocycles. The first-order valence-corrected chi connectivity index (χ1v) is 5.36. The van der Waals surface area contributed by atoms with Crippen molar-refractivity contribution in [1.82, 2.24) is 0 Å². The fourth-order valence-corrected chi connectivity index (χ4v) is 1.96. The number of carbonyl (C=O) groups is 1. The van der Waals surface area contributed by atoms with E-state index in [1.165, 1.54) is 35.5 Å². The topological polar surface area (TPSA) is 43.1 Å². The van der Waals surface area contributed by atoms with Gasteiger partial charge in [-0.1, -0.05) is 19.8 Å². The lowest BCUT2D eigenvalue weighted by Crippen LogP contribution is -2.09. The molecule has 0 saturated carbocycles. The lowest BCUT2D eigenvalue weighted by molar-refractivity contribution is 0.100. The highest BCUT2D eigenvalue weighted by atomic mass is 32.1. The average Bonchev–Trinajstić information content (AvgIpc) is 2.53.